The van der Waals surface area contributed by atoms with E-state index in [2.05, 4.69) is 24.3 Å². The van der Waals surface area contributed by atoms with Crippen LogP contribution in [-0.2, 0) is 0 Å². The Morgan fingerprint density at radius 1 is 0.750 bits per heavy atom. The van der Waals surface area contributed by atoms with E-state index in [1.165, 1.54) is 12.8 Å². The van der Waals surface area contributed by atoms with E-state index in [4.69, 9.17) is 0 Å². The first kappa shape index (κ1) is 5.36. The molecule has 56 valence electrons. The highest BCUT2D eigenvalue weighted by Crippen LogP contribution is 2.54. The van der Waals surface area contributed by atoms with Crippen molar-refractivity contribution in [1.29, 1.82) is 0 Å². The van der Waals surface area contributed by atoms with Gasteiger partial charge in [0.25, 0.3) is 0 Å². The van der Waals surface area contributed by atoms with Crippen LogP contribution in [0.25, 0.3) is 0 Å². The molecule has 0 nitrogen and oxygen atoms in total. The predicted molar refractivity (Wildman–Crippen MR) is 48.6 cm³/mol. The van der Waals surface area contributed by atoms with Crippen LogP contribution in [0.5, 0.6) is 0 Å². The van der Waals surface area contributed by atoms with Gasteiger partial charge in [-0.15, -0.1) is 0 Å². The van der Waals surface area contributed by atoms with Crippen LogP contribution < -0.4 is 0 Å². The number of allylic oxidation sites excluding steroid dienone is 10. The third-order valence-corrected chi connectivity index (χ3v) is 3.27. The monoisotopic (exact) mass is 152 g/mol. The highest BCUT2D eigenvalue weighted by molar-refractivity contribution is 5.79. The largest absolute Gasteiger partial charge is 0.0578 e. The molecule has 1 fully saturated rings. The van der Waals surface area contributed by atoms with E-state index >= 15 is 0 Å². The van der Waals surface area contributed by atoms with Gasteiger partial charge in [0, 0.05) is 0 Å². The molecule has 0 heterocycles. The number of hydrogen-bond donors (Lipinski definition) is 0. The molecule has 1 saturated carbocycles. The first-order chi connectivity index (χ1) is 5.93. The fraction of sp³-hybridized carbons (Fsp3) is 0.167. The Labute approximate surface area is 71.3 Å². The lowest BCUT2D eigenvalue weighted by Gasteiger charge is -2.06. The Bertz CT molecular complexity index is 420. The van der Waals surface area contributed by atoms with Crippen molar-refractivity contribution in [3.05, 3.63) is 57.7 Å². The topological polar surface area (TPSA) is 0 Å². The third kappa shape index (κ3) is 0.383. The van der Waals surface area contributed by atoms with Crippen LogP contribution in [0.1, 0.15) is 12.8 Å². The molecular formula is C12H8. The van der Waals surface area contributed by atoms with Crippen LogP contribution in [0.3, 0.4) is 0 Å². The summed E-state index contributed by atoms with van der Waals surface area (Å²) in [6, 6.07) is 0. The Hall–Kier alpha value is -1.30. The molecule has 0 aromatic carbocycles. The zero-order valence-electron chi connectivity index (χ0n) is 6.72. The summed E-state index contributed by atoms with van der Waals surface area (Å²) in [5.41, 5.74) is 9.43. The van der Waals surface area contributed by atoms with Crippen LogP contribution in [0.15, 0.2) is 57.7 Å². The fourth-order valence-corrected chi connectivity index (χ4v) is 2.79. The summed E-state index contributed by atoms with van der Waals surface area (Å²) in [6.45, 7) is 0. The third-order valence-electron chi connectivity index (χ3n) is 3.27. The minimum Gasteiger partial charge on any atom is -0.0578 e. The van der Waals surface area contributed by atoms with Crippen molar-refractivity contribution in [1.82, 2.24) is 0 Å². The summed E-state index contributed by atoms with van der Waals surface area (Å²) in [5, 5.41) is 0. The second-order valence-electron chi connectivity index (χ2n) is 3.87. The maximum Gasteiger partial charge on any atom is -0.00132 e. The minimum absolute atomic E-state index is 1.21. The number of fused-ring (bicyclic) bond motifs is 7. The lowest BCUT2D eigenvalue weighted by molar-refractivity contribution is 1.24. The van der Waals surface area contributed by atoms with Crippen molar-refractivity contribution in [2.75, 3.05) is 0 Å². The van der Waals surface area contributed by atoms with Crippen LogP contribution in [-0.4, -0.2) is 0 Å². The zero-order chi connectivity index (χ0) is 7.71. The predicted octanol–water partition coefficient (Wildman–Crippen LogP) is 2.82. The summed E-state index contributed by atoms with van der Waals surface area (Å²) >= 11 is 0. The van der Waals surface area contributed by atoms with Crippen molar-refractivity contribution in [2.45, 2.75) is 12.8 Å². The van der Waals surface area contributed by atoms with E-state index < -0.39 is 0 Å². The van der Waals surface area contributed by atoms with Gasteiger partial charge >= 0.3 is 0 Å². The van der Waals surface area contributed by atoms with Crippen LogP contribution in [0.4, 0.5) is 0 Å². The molecule has 0 heteroatoms. The maximum absolute atomic E-state index is 2.29. The molecule has 0 atom stereocenters. The Morgan fingerprint density at radius 3 is 1.92 bits per heavy atom. The van der Waals surface area contributed by atoms with Gasteiger partial charge in [0.05, 0.1) is 0 Å². The molecule has 0 saturated heterocycles. The smallest absolute Gasteiger partial charge is 0.00132 e. The highest BCUT2D eigenvalue weighted by Gasteiger charge is 2.36. The van der Waals surface area contributed by atoms with Gasteiger partial charge in [-0.25, -0.2) is 0 Å². The van der Waals surface area contributed by atoms with Crippen LogP contribution in [0, 0.1) is 0 Å². The summed E-state index contributed by atoms with van der Waals surface area (Å²) in [5.74, 6) is 0. The number of rotatable bonds is 0. The second kappa shape index (κ2) is 1.42. The SMILES string of the molecule is C1=CC2=C3C4=CC=C(C4)C3=C1C2. The fourth-order valence-electron chi connectivity index (χ4n) is 2.79. The van der Waals surface area contributed by atoms with Gasteiger partial charge < -0.3 is 0 Å². The lowest BCUT2D eigenvalue weighted by Crippen LogP contribution is -1.88. The van der Waals surface area contributed by atoms with Crippen molar-refractivity contribution in [3.63, 3.8) is 0 Å². The van der Waals surface area contributed by atoms with E-state index in [1.807, 2.05) is 0 Å². The maximum atomic E-state index is 2.29. The van der Waals surface area contributed by atoms with E-state index in [0.717, 1.165) is 0 Å². The lowest BCUT2D eigenvalue weighted by atomic mass is 9.98. The van der Waals surface area contributed by atoms with Crippen LogP contribution in [0.2, 0.25) is 0 Å². The summed E-state index contributed by atoms with van der Waals surface area (Å²) in [7, 11) is 0. The molecule has 4 bridgehead atoms. The average molecular weight is 152 g/mol. The average Bonchev–Trinajstić information content (AvgIpc) is 2.83. The van der Waals surface area contributed by atoms with Crippen molar-refractivity contribution >= 4 is 0 Å². The molecule has 4 aliphatic carbocycles. The molecule has 0 N–H and O–H groups in total. The molecule has 4 aliphatic rings. The molecule has 0 unspecified atom stereocenters. The van der Waals surface area contributed by atoms with Gasteiger partial charge in [0.1, 0.15) is 0 Å². The molecule has 0 aliphatic heterocycles. The van der Waals surface area contributed by atoms with Gasteiger partial charge in [-0.2, -0.15) is 0 Å². The minimum atomic E-state index is 1.21. The van der Waals surface area contributed by atoms with E-state index in [1.54, 1.807) is 33.4 Å². The zero-order valence-corrected chi connectivity index (χ0v) is 6.72. The van der Waals surface area contributed by atoms with E-state index in [-0.39, 0.29) is 0 Å². The molecule has 0 aromatic heterocycles. The molecule has 4 rings (SSSR count). The Morgan fingerprint density at radius 2 is 1.33 bits per heavy atom. The summed E-state index contributed by atoms with van der Waals surface area (Å²) in [6.07, 6.45) is 11.6. The van der Waals surface area contributed by atoms with Crippen molar-refractivity contribution in [2.24, 2.45) is 0 Å². The molecule has 0 radical (unpaired) electrons. The standard InChI is InChI=1S/C12H8/c1-2-8-5-7(1)11-9-3-4-10(6-9)12(8)11/h1-4H,5-6H2. The Kier molecular flexibility index (Phi) is 0.637. The summed E-state index contributed by atoms with van der Waals surface area (Å²) < 4.78 is 0. The van der Waals surface area contributed by atoms with Gasteiger partial charge in [0.2, 0.25) is 0 Å². The van der Waals surface area contributed by atoms with Gasteiger partial charge in [0.15, 0.2) is 0 Å². The molecule has 0 spiro atoms. The van der Waals surface area contributed by atoms with E-state index in [9.17, 15) is 0 Å². The molecule has 12 heavy (non-hydrogen) atoms. The molecule has 0 aromatic rings. The molecular weight excluding hydrogens is 144 g/mol. The summed E-state index contributed by atoms with van der Waals surface area (Å²) in [4.78, 5) is 0. The van der Waals surface area contributed by atoms with Crippen LogP contribution >= 0.6 is 0 Å². The first-order valence-corrected chi connectivity index (χ1v) is 4.49. The number of hydrogen-bond acceptors (Lipinski definition) is 0. The Balaban J connectivity index is 2.21. The van der Waals surface area contributed by atoms with Gasteiger partial charge in [-0.1, -0.05) is 24.3 Å². The molecule has 0 amide bonds. The van der Waals surface area contributed by atoms with Gasteiger partial charge in [-0.05, 0) is 46.3 Å². The highest BCUT2D eigenvalue weighted by atomic mass is 14.4. The van der Waals surface area contributed by atoms with Crippen molar-refractivity contribution in [3.8, 4) is 0 Å². The normalized spacial score (nSPS) is 27.3. The first-order valence-electron chi connectivity index (χ1n) is 4.49. The van der Waals surface area contributed by atoms with Gasteiger partial charge in [-0.3, -0.25) is 0 Å². The van der Waals surface area contributed by atoms with Crippen molar-refractivity contribution < 1.29 is 0 Å². The van der Waals surface area contributed by atoms with E-state index in [0.29, 0.717) is 0 Å². The quantitative estimate of drug-likeness (QED) is 0.500. The second-order valence-corrected chi connectivity index (χ2v) is 3.87.